The summed E-state index contributed by atoms with van der Waals surface area (Å²) in [4.78, 5) is 2.67. The predicted octanol–water partition coefficient (Wildman–Crippen LogP) is 4.10. The molecular formula is C19H32N2. The summed E-state index contributed by atoms with van der Waals surface area (Å²) < 4.78 is 0. The average molecular weight is 288 g/mol. The maximum atomic E-state index is 3.72. The molecule has 118 valence electrons. The molecule has 1 saturated heterocycles. The van der Waals surface area contributed by atoms with Gasteiger partial charge in [0.15, 0.2) is 0 Å². The fourth-order valence-electron chi connectivity index (χ4n) is 3.68. The van der Waals surface area contributed by atoms with Crippen molar-refractivity contribution in [1.29, 1.82) is 0 Å². The first kappa shape index (κ1) is 16.5. The van der Waals surface area contributed by atoms with Crippen LogP contribution in [0.5, 0.6) is 0 Å². The summed E-state index contributed by atoms with van der Waals surface area (Å²) in [5.74, 6) is 1.71. The van der Waals surface area contributed by atoms with E-state index in [0.29, 0.717) is 6.04 Å². The molecule has 1 N–H and O–H groups in total. The van der Waals surface area contributed by atoms with Crippen molar-refractivity contribution in [2.24, 2.45) is 11.8 Å². The van der Waals surface area contributed by atoms with Gasteiger partial charge in [-0.1, -0.05) is 51.1 Å². The minimum absolute atomic E-state index is 0.499. The van der Waals surface area contributed by atoms with Crippen LogP contribution in [-0.2, 0) is 0 Å². The van der Waals surface area contributed by atoms with E-state index in [-0.39, 0.29) is 0 Å². The number of hydrogen-bond acceptors (Lipinski definition) is 2. The predicted molar refractivity (Wildman–Crippen MR) is 91.5 cm³/mol. The first-order valence-corrected chi connectivity index (χ1v) is 8.69. The molecule has 0 amide bonds. The Morgan fingerprint density at radius 2 is 1.81 bits per heavy atom. The standard InChI is InChI=1S/C19H32N2/c1-4-11-20-19(18-8-6-5-7-9-18)10-12-21-14-16(2)13-17(3)15-21/h5-9,16-17,19-20H,4,10-15H2,1-3H3. The molecule has 0 aliphatic carbocycles. The zero-order valence-corrected chi connectivity index (χ0v) is 14.0. The summed E-state index contributed by atoms with van der Waals surface area (Å²) >= 11 is 0. The molecule has 1 aliphatic heterocycles. The third kappa shape index (κ3) is 5.44. The van der Waals surface area contributed by atoms with E-state index in [0.717, 1.165) is 18.4 Å². The van der Waals surface area contributed by atoms with Crippen molar-refractivity contribution in [3.8, 4) is 0 Å². The smallest absolute Gasteiger partial charge is 0.0332 e. The van der Waals surface area contributed by atoms with E-state index in [1.54, 1.807) is 0 Å². The van der Waals surface area contributed by atoms with Gasteiger partial charge in [-0.05, 0) is 49.8 Å². The Morgan fingerprint density at radius 1 is 1.14 bits per heavy atom. The number of piperidine rings is 1. The molecule has 0 saturated carbocycles. The minimum atomic E-state index is 0.499. The summed E-state index contributed by atoms with van der Waals surface area (Å²) in [7, 11) is 0. The van der Waals surface area contributed by atoms with E-state index >= 15 is 0 Å². The molecule has 0 spiro atoms. The Kier molecular flexibility index (Phi) is 6.72. The third-order valence-electron chi connectivity index (χ3n) is 4.52. The van der Waals surface area contributed by atoms with Gasteiger partial charge in [-0.3, -0.25) is 0 Å². The topological polar surface area (TPSA) is 15.3 Å². The monoisotopic (exact) mass is 288 g/mol. The Morgan fingerprint density at radius 3 is 2.43 bits per heavy atom. The maximum absolute atomic E-state index is 3.72. The van der Waals surface area contributed by atoms with E-state index in [1.807, 2.05) is 0 Å². The van der Waals surface area contributed by atoms with Gasteiger partial charge < -0.3 is 10.2 Å². The zero-order chi connectivity index (χ0) is 15.1. The Bertz CT molecular complexity index is 380. The first-order valence-electron chi connectivity index (χ1n) is 8.69. The van der Waals surface area contributed by atoms with E-state index in [4.69, 9.17) is 0 Å². The molecule has 1 aromatic rings. The number of benzene rings is 1. The molecule has 3 unspecified atom stereocenters. The summed E-state index contributed by atoms with van der Waals surface area (Å²) in [5, 5.41) is 3.72. The molecule has 0 bridgehead atoms. The molecule has 1 aromatic carbocycles. The minimum Gasteiger partial charge on any atom is -0.310 e. The normalized spacial score (nSPS) is 24.9. The maximum Gasteiger partial charge on any atom is 0.0332 e. The van der Waals surface area contributed by atoms with Crippen molar-refractivity contribution >= 4 is 0 Å². The van der Waals surface area contributed by atoms with Crippen LogP contribution in [-0.4, -0.2) is 31.1 Å². The molecule has 2 nitrogen and oxygen atoms in total. The largest absolute Gasteiger partial charge is 0.310 e. The van der Waals surface area contributed by atoms with E-state index < -0.39 is 0 Å². The van der Waals surface area contributed by atoms with Crippen molar-refractivity contribution in [2.75, 3.05) is 26.2 Å². The van der Waals surface area contributed by atoms with Crippen LogP contribution >= 0.6 is 0 Å². The van der Waals surface area contributed by atoms with Crippen LogP contribution < -0.4 is 5.32 Å². The van der Waals surface area contributed by atoms with Crippen molar-refractivity contribution in [3.05, 3.63) is 35.9 Å². The molecule has 2 rings (SSSR count). The highest BCUT2D eigenvalue weighted by Gasteiger charge is 2.22. The van der Waals surface area contributed by atoms with Gasteiger partial charge in [0.2, 0.25) is 0 Å². The fourth-order valence-corrected chi connectivity index (χ4v) is 3.68. The summed E-state index contributed by atoms with van der Waals surface area (Å²) in [6.45, 7) is 11.9. The number of hydrogen-bond donors (Lipinski definition) is 1. The molecule has 1 fully saturated rings. The van der Waals surface area contributed by atoms with Crippen LogP contribution in [0.15, 0.2) is 30.3 Å². The van der Waals surface area contributed by atoms with Gasteiger partial charge in [0.25, 0.3) is 0 Å². The quantitative estimate of drug-likeness (QED) is 0.813. The van der Waals surface area contributed by atoms with Crippen LogP contribution in [0.25, 0.3) is 0 Å². The summed E-state index contributed by atoms with van der Waals surface area (Å²) in [6.07, 6.45) is 3.80. The van der Waals surface area contributed by atoms with Crippen LogP contribution in [0, 0.1) is 11.8 Å². The Labute approximate surface area is 130 Å². The highest BCUT2D eigenvalue weighted by atomic mass is 15.1. The third-order valence-corrected chi connectivity index (χ3v) is 4.52. The van der Waals surface area contributed by atoms with Crippen LogP contribution in [0.1, 0.15) is 51.6 Å². The Hall–Kier alpha value is -0.860. The number of rotatable bonds is 7. The molecule has 21 heavy (non-hydrogen) atoms. The number of likely N-dealkylation sites (tertiary alicyclic amines) is 1. The lowest BCUT2D eigenvalue weighted by Gasteiger charge is -2.35. The molecule has 3 atom stereocenters. The highest BCUT2D eigenvalue weighted by Crippen LogP contribution is 2.23. The summed E-state index contributed by atoms with van der Waals surface area (Å²) in [5.41, 5.74) is 1.43. The number of nitrogens with zero attached hydrogens (tertiary/aromatic N) is 1. The van der Waals surface area contributed by atoms with Gasteiger partial charge in [0.1, 0.15) is 0 Å². The molecular weight excluding hydrogens is 256 g/mol. The van der Waals surface area contributed by atoms with Gasteiger partial charge >= 0.3 is 0 Å². The average Bonchev–Trinajstić information content (AvgIpc) is 2.47. The second kappa shape index (κ2) is 8.55. The van der Waals surface area contributed by atoms with Crippen LogP contribution in [0.4, 0.5) is 0 Å². The molecule has 0 aromatic heterocycles. The number of nitrogens with one attached hydrogen (secondary N) is 1. The van der Waals surface area contributed by atoms with Crippen molar-refractivity contribution < 1.29 is 0 Å². The van der Waals surface area contributed by atoms with Gasteiger partial charge in [0, 0.05) is 19.1 Å². The van der Waals surface area contributed by atoms with Gasteiger partial charge in [-0.2, -0.15) is 0 Å². The van der Waals surface area contributed by atoms with Crippen LogP contribution in [0.2, 0.25) is 0 Å². The van der Waals surface area contributed by atoms with Gasteiger partial charge in [-0.25, -0.2) is 0 Å². The van der Waals surface area contributed by atoms with Crippen molar-refractivity contribution in [3.63, 3.8) is 0 Å². The van der Waals surface area contributed by atoms with E-state index in [2.05, 4.69) is 61.3 Å². The highest BCUT2D eigenvalue weighted by molar-refractivity contribution is 5.18. The van der Waals surface area contributed by atoms with E-state index in [1.165, 1.54) is 44.5 Å². The van der Waals surface area contributed by atoms with Crippen LogP contribution in [0.3, 0.4) is 0 Å². The first-order chi connectivity index (χ1) is 10.2. The lowest BCUT2D eigenvalue weighted by Crippen LogP contribution is -2.40. The molecule has 0 radical (unpaired) electrons. The van der Waals surface area contributed by atoms with E-state index in [9.17, 15) is 0 Å². The van der Waals surface area contributed by atoms with Crippen molar-refractivity contribution in [1.82, 2.24) is 10.2 Å². The lowest BCUT2D eigenvalue weighted by atomic mass is 9.91. The molecule has 1 heterocycles. The van der Waals surface area contributed by atoms with Gasteiger partial charge in [0.05, 0.1) is 0 Å². The summed E-state index contributed by atoms with van der Waals surface area (Å²) in [6, 6.07) is 11.4. The SMILES string of the molecule is CCCNC(CCN1CC(C)CC(C)C1)c1ccccc1. The Balaban J connectivity index is 1.89. The molecule has 2 heteroatoms. The zero-order valence-electron chi connectivity index (χ0n) is 14.0. The van der Waals surface area contributed by atoms with Gasteiger partial charge in [-0.15, -0.1) is 0 Å². The second-order valence-corrected chi connectivity index (χ2v) is 6.91. The fraction of sp³-hybridized carbons (Fsp3) is 0.684. The molecule has 1 aliphatic rings. The lowest BCUT2D eigenvalue weighted by molar-refractivity contribution is 0.135. The van der Waals surface area contributed by atoms with Crippen molar-refractivity contribution in [2.45, 2.75) is 46.1 Å². The second-order valence-electron chi connectivity index (χ2n) is 6.91.